The zero-order chi connectivity index (χ0) is 8.85. The summed E-state index contributed by atoms with van der Waals surface area (Å²) < 4.78 is 10.9. The molecule has 0 aliphatic rings. The van der Waals surface area contributed by atoms with Crippen LogP contribution in [0.4, 0.5) is 4.53 Å². The van der Waals surface area contributed by atoms with Crippen molar-refractivity contribution >= 4 is 17.7 Å². The molecule has 0 aromatic carbocycles. The van der Waals surface area contributed by atoms with E-state index in [-0.39, 0.29) is 0 Å². The Balaban J connectivity index is 3.70. The van der Waals surface area contributed by atoms with Gasteiger partial charge in [-0.15, -0.1) is 0 Å². The van der Waals surface area contributed by atoms with Gasteiger partial charge in [0.15, 0.2) is 5.78 Å². The fourth-order valence-corrected chi connectivity index (χ4v) is 0.419. The minimum atomic E-state index is -1.38. The lowest BCUT2D eigenvalue weighted by Crippen LogP contribution is -2.11. The Hall–Kier alpha value is -1.46. The molecule has 0 saturated heterocycles. The standard InChI is InChI=1S/C5H5FO5/c6-11-5(10)2-3(7)1-4(8)9/h1-2H2,(H,8,9). The molecule has 11 heavy (non-hydrogen) atoms. The molecule has 0 saturated carbocycles. The summed E-state index contributed by atoms with van der Waals surface area (Å²) in [7, 11) is 0. The number of carbonyl (C=O) groups excluding carboxylic acids is 2. The Morgan fingerprint density at radius 3 is 2.18 bits per heavy atom. The maximum absolute atomic E-state index is 10.9. The van der Waals surface area contributed by atoms with Gasteiger partial charge in [0.1, 0.15) is 12.8 Å². The number of carboxylic acids is 1. The molecular weight excluding hydrogens is 159 g/mol. The van der Waals surface area contributed by atoms with E-state index in [1.54, 1.807) is 0 Å². The monoisotopic (exact) mass is 164 g/mol. The van der Waals surface area contributed by atoms with Crippen molar-refractivity contribution in [3.8, 4) is 0 Å². The predicted molar refractivity (Wildman–Crippen MR) is 29.1 cm³/mol. The van der Waals surface area contributed by atoms with Crippen molar-refractivity contribution in [2.45, 2.75) is 12.8 Å². The topological polar surface area (TPSA) is 80.7 Å². The zero-order valence-electron chi connectivity index (χ0n) is 5.37. The van der Waals surface area contributed by atoms with Gasteiger partial charge in [-0.05, 0) is 0 Å². The van der Waals surface area contributed by atoms with E-state index >= 15 is 0 Å². The van der Waals surface area contributed by atoms with Gasteiger partial charge in [-0.2, -0.15) is 0 Å². The molecule has 0 unspecified atom stereocenters. The lowest BCUT2D eigenvalue weighted by atomic mass is 10.2. The van der Waals surface area contributed by atoms with Crippen molar-refractivity contribution in [1.29, 1.82) is 0 Å². The Bertz CT molecular complexity index is 187. The molecule has 1 N–H and O–H groups in total. The van der Waals surface area contributed by atoms with Gasteiger partial charge in [0.05, 0.1) is 0 Å². The molecule has 0 atom stereocenters. The minimum Gasteiger partial charge on any atom is -0.481 e. The fourth-order valence-electron chi connectivity index (χ4n) is 0.419. The molecule has 0 rings (SSSR count). The van der Waals surface area contributed by atoms with E-state index < -0.39 is 30.6 Å². The van der Waals surface area contributed by atoms with Crippen molar-refractivity contribution in [2.24, 2.45) is 0 Å². The molecule has 0 aliphatic heterocycles. The molecule has 0 spiro atoms. The normalized spacial score (nSPS) is 8.82. The van der Waals surface area contributed by atoms with Crippen molar-refractivity contribution in [1.82, 2.24) is 0 Å². The number of carbonyl (C=O) groups is 3. The first-order valence-corrected chi connectivity index (χ1v) is 2.61. The molecule has 5 nitrogen and oxygen atoms in total. The highest BCUT2D eigenvalue weighted by atomic mass is 19.3. The van der Waals surface area contributed by atoms with Crippen LogP contribution >= 0.6 is 0 Å². The van der Waals surface area contributed by atoms with Crippen LogP contribution in [0.3, 0.4) is 0 Å². The number of hydrogen-bond acceptors (Lipinski definition) is 4. The van der Waals surface area contributed by atoms with Gasteiger partial charge in [-0.25, -0.2) is 4.79 Å². The molecule has 0 aliphatic carbocycles. The Kier molecular flexibility index (Phi) is 3.79. The number of rotatable bonds is 4. The van der Waals surface area contributed by atoms with Crippen LogP contribution in [0.15, 0.2) is 0 Å². The van der Waals surface area contributed by atoms with Gasteiger partial charge in [0.25, 0.3) is 0 Å². The van der Waals surface area contributed by atoms with E-state index in [2.05, 4.69) is 4.94 Å². The van der Waals surface area contributed by atoms with Gasteiger partial charge < -0.3 is 5.11 Å². The fraction of sp³-hybridized carbons (Fsp3) is 0.400. The third-order valence-corrected chi connectivity index (χ3v) is 0.776. The average Bonchev–Trinajstić information content (AvgIpc) is 1.85. The largest absolute Gasteiger partial charge is 0.481 e. The number of aliphatic carboxylic acids is 1. The first kappa shape index (κ1) is 9.54. The SMILES string of the molecule is O=C(O)CC(=O)CC(=O)OF. The molecule has 0 bridgehead atoms. The second kappa shape index (κ2) is 4.37. The first-order chi connectivity index (χ1) is 5.06. The molecule has 0 heterocycles. The van der Waals surface area contributed by atoms with Crippen molar-refractivity contribution in [3.63, 3.8) is 0 Å². The summed E-state index contributed by atoms with van der Waals surface area (Å²) in [5.74, 6) is -3.63. The van der Waals surface area contributed by atoms with E-state index in [0.29, 0.717) is 0 Å². The van der Waals surface area contributed by atoms with Gasteiger partial charge in [-0.1, -0.05) is 0 Å². The Labute approximate surface area is 60.7 Å². The molecule has 0 amide bonds. The van der Waals surface area contributed by atoms with Crippen LogP contribution in [0, 0.1) is 0 Å². The van der Waals surface area contributed by atoms with Crippen molar-refractivity contribution in [2.75, 3.05) is 0 Å². The summed E-state index contributed by atoms with van der Waals surface area (Å²) in [6, 6.07) is 0. The smallest absolute Gasteiger partial charge is 0.356 e. The summed E-state index contributed by atoms with van der Waals surface area (Å²) >= 11 is 0. The van der Waals surface area contributed by atoms with Gasteiger partial charge in [-0.3, -0.25) is 14.5 Å². The van der Waals surface area contributed by atoms with Crippen LogP contribution in [0.2, 0.25) is 0 Å². The van der Waals surface area contributed by atoms with E-state index in [0.717, 1.165) is 0 Å². The predicted octanol–water partition coefficient (Wildman–Crippen LogP) is -0.152. The molecule has 6 heteroatoms. The summed E-state index contributed by atoms with van der Waals surface area (Å²) in [4.78, 5) is 32.8. The molecule has 0 fully saturated rings. The molecular formula is C5H5FO5. The van der Waals surface area contributed by atoms with E-state index in [4.69, 9.17) is 5.11 Å². The van der Waals surface area contributed by atoms with Crippen LogP contribution in [-0.4, -0.2) is 22.8 Å². The van der Waals surface area contributed by atoms with Gasteiger partial charge in [0.2, 0.25) is 0 Å². The average molecular weight is 164 g/mol. The summed E-state index contributed by atoms with van der Waals surface area (Å²) in [5.41, 5.74) is 0. The number of ketones is 1. The highest BCUT2D eigenvalue weighted by Crippen LogP contribution is 1.93. The van der Waals surface area contributed by atoms with Crippen LogP contribution < -0.4 is 0 Å². The summed E-state index contributed by atoms with van der Waals surface area (Å²) in [5, 5.41) is 8.00. The van der Waals surface area contributed by atoms with Crippen LogP contribution in [-0.2, 0) is 19.3 Å². The van der Waals surface area contributed by atoms with Crippen LogP contribution in [0.5, 0.6) is 0 Å². The second-order valence-corrected chi connectivity index (χ2v) is 1.74. The highest BCUT2D eigenvalue weighted by molar-refractivity contribution is 6.02. The van der Waals surface area contributed by atoms with Crippen molar-refractivity contribution < 1.29 is 29.0 Å². The maximum Gasteiger partial charge on any atom is 0.356 e. The van der Waals surface area contributed by atoms with E-state index in [9.17, 15) is 18.9 Å². The lowest BCUT2D eigenvalue weighted by molar-refractivity contribution is -0.183. The number of Topliss-reactive ketones (excluding diaryl/α,β-unsaturated/α-hetero) is 1. The van der Waals surface area contributed by atoms with Crippen LogP contribution in [0.25, 0.3) is 0 Å². The highest BCUT2D eigenvalue weighted by Gasteiger charge is 2.14. The molecule has 0 aromatic rings. The number of carboxylic acid groups (broad SMARTS) is 1. The lowest BCUT2D eigenvalue weighted by Gasteiger charge is -1.91. The zero-order valence-corrected chi connectivity index (χ0v) is 5.37. The Morgan fingerprint density at radius 1 is 1.27 bits per heavy atom. The molecule has 0 aromatic heterocycles. The second-order valence-electron chi connectivity index (χ2n) is 1.74. The quantitative estimate of drug-likeness (QED) is 0.584. The first-order valence-electron chi connectivity index (χ1n) is 2.61. The third-order valence-electron chi connectivity index (χ3n) is 0.776. The summed E-state index contributed by atoms with van der Waals surface area (Å²) in [6.07, 6.45) is -1.64. The minimum absolute atomic E-state index is 0.797. The van der Waals surface area contributed by atoms with E-state index in [1.807, 2.05) is 0 Å². The van der Waals surface area contributed by atoms with Crippen LogP contribution in [0.1, 0.15) is 12.8 Å². The Morgan fingerprint density at radius 2 is 1.82 bits per heavy atom. The van der Waals surface area contributed by atoms with Gasteiger partial charge >= 0.3 is 11.9 Å². The van der Waals surface area contributed by atoms with Gasteiger partial charge in [0, 0.05) is 4.53 Å². The maximum atomic E-state index is 10.9. The summed E-state index contributed by atoms with van der Waals surface area (Å²) in [6.45, 7) is 0. The van der Waals surface area contributed by atoms with E-state index in [1.165, 1.54) is 0 Å². The third kappa shape index (κ3) is 5.01. The molecule has 62 valence electrons. The van der Waals surface area contributed by atoms with Crippen molar-refractivity contribution in [3.05, 3.63) is 0 Å². The number of halogens is 1. The number of hydrogen-bond donors (Lipinski definition) is 1. The molecule has 0 radical (unpaired) electrons.